The van der Waals surface area contributed by atoms with E-state index in [9.17, 15) is 9.59 Å². The largest absolute Gasteiger partial charge is 0.486 e. The Morgan fingerprint density at radius 2 is 2.08 bits per heavy atom. The van der Waals surface area contributed by atoms with Crippen molar-refractivity contribution in [3.05, 3.63) is 52.4 Å². The molecule has 2 aromatic rings. The van der Waals surface area contributed by atoms with Crippen molar-refractivity contribution in [2.45, 2.75) is 26.5 Å². The molecule has 1 aromatic heterocycles. The van der Waals surface area contributed by atoms with Crippen molar-refractivity contribution in [3.8, 4) is 5.75 Å². The van der Waals surface area contributed by atoms with E-state index in [2.05, 4.69) is 17.9 Å². The SMILES string of the molecule is CCOC(=O)[C@H](CS)NC(=O)c1ccc(COc2ccc(Cl)c(C)c2)o1. The predicted octanol–water partition coefficient (Wildman–Crippen LogP) is 3.41. The molecule has 0 aliphatic heterocycles. The van der Waals surface area contributed by atoms with E-state index in [-0.39, 0.29) is 24.7 Å². The smallest absolute Gasteiger partial charge is 0.329 e. The van der Waals surface area contributed by atoms with Gasteiger partial charge in [0, 0.05) is 10.8 Å². The Labute approximate surface area is 162 Å². The van der Waals surface area contributed by atoms with Gasteiger partial charge in [0.25, 0.3) is 5.91 Å². The molecular weight excluding hydrogens is 378 g/mol. The second-order valence-corrected chi connectivity index (χ2v) is 6.20. The lowest BCUT2D eigenvalue weighted by Gasteiger charge is -2.14. The first-order valence-electron chi connectivity index (χ1n) is 8.00. The zero-order valence-electron chi connectivity index (χ0n) is 14.5. The second kappa shape index (κ2) is 9.54. The Balaban J connectivity index is 1.94. The van der Waals surface area contributed by atoms with E-state index in [1.54, 1.807) is 25.1 Å². The molecule has 1 aromatic carbocycles. The molecule has 0 aliphatic carbocycles. The molecule has 8 heteroatoms. The number of benzene rings is 1. The van der Waals surface area contributed by atoms with Crippen molar-refractivity contribution >= 4 is 36.1 Å². The van der Waals surface area contributed by atoms with Crippen LogP contribution < -0.4 is 10.1 Å². The van der Waals surface area contributed by atoms with Crippen LogP contribution in [0.3, 0.4) is 0 Å². The summed E-state index contributed by atoms with van der Waals surface area (Å²) in [7, 11) is 0. The third-order valence-electron chi connectivity index (χ3n) is 3.45. The number of thiol groups is 1. The highest BCUT2D eigenvalue weighted by Gasteiger charge is 2.22. The van der Waals surface area contributed by atoms with E-state index >= 15 is 0 Å². The molecule has 0 saturated carbocycles. The molecule has 1 N–H and O–H groups in total. The highest BCUT2D eigenvalue weighted by atomic mass is 35.5. The lowest BCUT2D eigenvalue weighted by molar-refractivity contribution is -0.144. The lowest BCUT2D eigenvalue weighted by atomic mass is 10.2. The van der Waals surface area contributed by atoms with Crippen LogP contribution in [0.2, 0.25) is 5.02 Å². The Morgan fingerprint density at radius 3 is 2.73 bits per heavy atom. The van der Waals surface area contributed by atoms with Gasteiger partial charge < -0.3 is 19.2 Å². The normalized spacial score (nSPS) is 11.7. The standard InChI is InChI=1S/C18H20ClNO5S/c1-3-23-18(22)15(10-26)20-17(21)16-7-5-13(25-16)9-24-12-4-6-14(19)11(2)8-12/h4-8,15,26H,3,9-10H2,1-2H3,(H,20,21)/t15-/m0/s1. The number of hydrogen-bond donors (Lipinski definition) is 2. The molecular formula is C18H20ClNO5S. The maximum atomic E-state index is 12.2. The molecule has 1 atom stereocenters. The summed E-state index contributed by atoms with van der Waals surface area (Å²) < 4.78 is 16.0. The fourth-order valence-corrected chi connectivity index (χ4v) is 2.45. The van der Waals surface area contributed by atoms with Crippen LogP contribution >= 0.6 is 24.2 Å². The molecule has 0 fully saturated rings. The summed E-state index contributed by atoms with van der Waals surface area (Å²) in [5.41, 5.74) is 0.903. The van der Waals surface area contributed by atoms with Crippen LogP contribution in [0, 0.1) is 6.92 Å². The van der Waals surface area contributed by atoms with Gasteiger partial charge in [-0.1, -0.05) is 11.6 Å². The van der Waals surface area contributed by atoms with Gasteiger partial charge in [-0.3, -0.25) is 4.79 Å². The summed E-state index contributed by atoms with van der Waals surface area (Å²) in [6.45, 7) is 3.95. The number of carbonyl (C=O) groups is 2. The topological polar surface area (TPSA) is 77.8 Å². The van der Waals surface area contributed by atoms with E-state index in [4.69, 9.17) is 25.5 Å². The number of carbonyl (C=O) groups excluding carboxylic acids is 2. The minimum Gasteiger partial charge on any atom is -0.486 e. The maximum absolute atomic E-state index is 12.2. The minimum atomic E-state index is -0.840. The third kappa shape index (κ3) is 5.44. The van der Waals surface area contributed by atoms with Crippen molar-refractivity contribution in [2.24, 2.45) is 0 Å². The van der Waals surface area contributed by atoms with E-state index in [1.165, 1.54) is 6.07 Å². The highest BCUT2D eigenvalue weighted by Crippen LogP contribution is 2.22. The van der Waals surface area contributed by atoms with Crippen molar-refractivity contribution in [2.75, 3.05) is 12.4 Å². The van der Waals surface area contributed by atoms with Crippen LogP contribution in [-0.2, 0) is 16.1 Å². The molecule has 2 rings (SSSR count). The number of esters is 1. The molecule has 0 unspecified atom stereocenters. The molecule has 0 saturated heterocycles. The zero-order chi connectivity index (χ0) is 19.1. The summed E-state index contributed by atoms with van der Waals surface area (Å²) in [4.78, 5) is 23.9. The van der Waals surface area contributed by atoms with E-state index in [0.717, 1.165) is 5.56 Å². The zero-order valence-corrected chi connectivity index (χ0v) is 16.1. The van der Waals surface area contributed by atoms with Crippen molar-refractivity contribution in [1.82, 2.24) is 5.32 Å². The lowest BCUT2D eigenvalue weighted by Crippen LogP contribution is -2.43. The van der Waals surface area contributed by atoms with Gasteiger partial charge in [0.2, 0.25) is 0 Å². The number of nitrogens with one attached hydrogen (secondary N) is 1. The molecule has 140 valence electrons. The number of furan rings is 1. The average Bonchev–Trinajstić information content (AvgIpc) is 3.09. The van der Waals surface area contributed by atoms with Gasteiger partial charge in [0.15, 0.2) is 5.76 Å². The number of aryl methyl sites for hydroxylation is 1. The van der Waals surface area contributed by atoms with E-state index < -0.39 is 17.9 Å². The number of halogens is 1. The van der Waals surface area contributed by atoms with Crippen LogP contribution in [0.15, 0.2) is 34.7 Å². The summed E-state index contributed by atoms with van der Waals surface area (Å²) in [6, 6.07) is 7.63. The summed E-state index contributed by atoms with van der Waals surface area (Å²) >= 11 is 10.0. The molecule has 0 aliphatic rings. The van der Waals surface area contributed by atoms with Crippen LogP contribution in [0.1, 0.15) is 28.8 Å². The van der Waals surface area contributed by atoms with Crippen molar-refractivity contribution in [1.29, 1.82) is 0 Å². The molecule has 6 nitrogen and oxygen atoms in total. The fraction of sp³-hybridized carbons (Fsp3) is 0.333. The minimum absolute atomic E-state index is 0.0759. The maximum Gasteiger partial charge on any atom is 0.329 e. The molecule has 0 spiro atoms. The number of ether oxygens (including phenoxy) is 2. The molecule has 1 heterocycles. The molecule has 26 heavy (non-hydrogen) atoms. The predicted molar refractivity (Wildman–Crippen MR) is 101 cm³/mol. The van der Waals surface area contributed by atoms with Crippen LogP contribution in [0.5, 0.6) is 5.75 Å². The van der Waals surface area contributed by atoms with Crippen LogP contribution in [0.25, 0.3) is 0 Å². The van der Waals surface area contributed by atoms with Gasteiger partial charge in [-0.2, -0.15) is 12.6 Å². The average molecular weight is 398 g/mol. The Morgan fingerprint density at radius 1 is 1.31 bits per heavy atom. The van der Waals surface area contributed by atoms with Crippen molar-refractivity contribution in [3.63, 3.8) is 0 Å². The van der Waals surface area contributed by atoms with Gasteiger partial charge >= 0.3 is 5.97 Å². The first-order chi connectivity index (χ1) is 12.4. The van der Waals surface area contributed by atoms with Gasteiger partial charge in [-0.25, -0.2) is 4.79 Å². The van der Waals surface area contributed by atoms with Gasteiger partial charge in [-0.15, -0.1) is 0 Å². The van der Waals surface area contributed by atoms with Crippen LogP contribution in [-0.4, -0.2) is 30.3 Å². The first-order valence-corrected chi connectivity index (χ1v) is 9.01. The summed E-state index contributed by atoms with van der Waals surface area (Å²) in [5.74, 6) is 0.256. The van der Waals surface area contributed by atoms with Crippen LogP contribution in [0.4, 0.5) is 0 Å². The second-order valence-electron chi connectivity index (χ2n) is 5.43. The summed E-state index contributed by atoms with van der Waals surface area (Å²) in [5, 5.41) is 3.19. The van der Waals surface area contributed by atoms with Crippen molar-refractivity contribution < 1.29 is 23.5 Å². The number of rotatable bonds is 8. The first kappa shape index (κ1) is 20.2. The Kier molecular flexibility index (Phi) is 7.41. The molecule has 1 amide bonds. The number of hydrogen-bond acceptors (Lipinski definition) is 6. The van der Waals surface area contributed by atoms with Gasteiger partial charge in [0.1, 0.15) is 24.2 Å². The molecule has 0 radical (unpaired) electrons. The number of amides is 1. The van der Waals surface area contributed by atoms with E-state index in [0.29, 0.717) is 16.5 Å². The summed E-state index contributed by atoms with van der Waals surface area (Å²) in [6.07, 6.45) is 0. The molecule has 0 bridgehead atoms. The third-order valence-corrected chi connectivity index (χ3v) is 4.24. The van der Waals surface area contributed by atoms with Gasteiger partial charge in [-0.05, 0) is 49.7 Å². The monoisotopic (exact) mass is 397 g/mol. The fourth-order valence-electron chi connectivity index (χ4n) is 2.09. The quantitative estimate of drug-likeness (QED) is 0.527. The Bertz CT molecular complexity index is 777. The van der Waals surface area contributed by atoms with E-state index in [1.807, 2.05) is 13.0 Å². The van der Waals surface area contributed by atoms with Gasteiger partial charge in [0.05, 0.1) is 6.61 Å². The highest BCUT2D eigenvalue weighted by molar-refractivity contribution is 7.80. The Hall–Kier alpha value is -2.12.